The fourth-order valence-electron chi connectivity index (χ4n) is 2.51. The standard InChI is InChI=1S/C14H21NO2S/c1-3-12-6-7-14(11(2)9-12)18(16,17)13-5-4-8-15-10-13/h6-7,9,13,15H,3-5,8,10H2,1-2H3. The normalized spacial score (nSPS) is 20.9. The second kappa shape index (κ2) is 5.41. The Hall–Kier alpha value is -0.870. The van der Waals surface area contributed by atoms with Crippen molar-refractivity contribution in [3.8, 4) is 0 Å². The molecule has 3 nitrogen and oxygen atoms in total. The SMILES string of the molecule is CCc1ccc(S(=O)(=O)C2CCCNC2)c(C)c1. The molecular formula is C14H21NO2S. The number of sulfone groups is 1. The molecule has 0 amide bonds. The Kier molecular flexibility index (Phi) is 4.07. The summed E-state index contributed by atoms with van der Waals surface area (Å²) in [6.45, 7) is 5.48. The zero-order valence-corrected chi connectivity index (χ0v) is 11.9. The monoisotopic (exact) mass is 267 g/mol. The van der Waals surface area contributed by atoms with Crippen molar-refractivity contribution in [3.05, 3.63) is 29.3 Å². The molecule has 2 rings (SSSR count). The zero-order chi connectivity index (χ0) is 13.2. The van der Waals surface area contributed by atoms with Crippen LogP contribution in [-0.4, -0.2) is 26.8 Å². The second-order valence-corrected chi connectivity index (χ2v) is 7.16. The van der Waals surface area contributed by atoms with Gasteiger partial charge in [0.2, 0.25) is 0 Å². The summed E-state index contributed by atoms with van der Waals surface area (Å²) < 4.78 is 25.1. The van der Waals surface area contributed by atoms with Crippen molar-refractivity contribution in [2.24, 2.45) is 0 Å². The van der Waals surface area contributed by atoms with Gasteiger partial charge in [0.25, 0.3) is 0 Å². The van der Waals surface area contributed by atoms with Gasteiger partial charge in [-0.1, -0.05) is 19.1 Å². The lowest BCUT2D eigenvalue weighted by Gasteiger charge is -2.23. The van der Waals surface area contributed by atoms with E-state index in [0.717, 1.165) is 31.4 Å². The van der Waals surface area contributed by atoms with Crippen molar-refractivity contribution in [2.75, 3.05) is 13.1 Å². The zero-order valence-electron chi connectivity index (χ0n) is 11.1. The molecule has 1 fully saturated rings. The summed E-state index contributed by atoms with van der Waals surface area (Å²) in [5.41, 5.74) is 2.06. The molecule has 100 valence electrons. The number of hydrogen-bond acceptors (Lipinski definition) is 3. The minimum absolute atomic E-state index is 0.266. The Balaban J connectivity index is 2.34. The predicted octanol–water partition coefficient (Wildman–Crippen LogP) is 2.08. The van der Waals surface area contributed by atoms with Crippen LogP contribution in [0.4, 0.5) is 0 Å². The van der Waals surface area contributed by atoms with Crippen LogP contribution in [0.3, 0.4) is 0 Å². The van der Waals surface area contributed by atoms with Gasteiger partial charge >= 0.3 is 0 Å². The lowest BCUT2D eigenvalue weighted by atomic mass is 10.1. The molecule has 1 N–H and O–H groups in total. The number of rotatable bonds is 3. The largest absolute Gasteiger partial charge is 0.315 e. The lowest BCUT2D eigenvalue weighted by molar-refractivity contribution is 0.496. The highest BCUT2D eigenvalue weighted by Gasteiger charge is 2.29. The fourth-order valence-corrected chi connectivity index (χ4v) is 4.45. The molecule has 0 radical (unpaired) electrons. The predicted molar refractivity (Wildman–Crippen MR) is 73.6 cm³/mol. The summed E-state index contributed by atoms with van der Waals surface area (Å²) in [4.78, 5) is 0.508. The molecule has 0 saturated carbocycles. The van der Waals surface area contributed by atoms with Gasteiger partial charge in [-0.2, -0.15) is 0 Å². The molecule has 1 unspecified atom stereocenters. The highest BCUT2D eigenvalue weighted by molar-refractivity contribution is 7.92. The number of piperidine rings is 1. The fraction of sp³-hybridized carbons (Fsp3) is 0.571. The minimum Gasteiger partial charge on any atom is -0.315 e. The Bertz CT molecular complexity index is 517. The first-order valence-electron chi connectivity index (χ1n) is 6.60. The highest BCUT2D eigenvalue weighted by Crippen LogP contribution is 2.24. The van der Waals surface area contributed by atoms with Crippen LogP contribution in [0.5, 0.6) is 0 Å². The summed E-state index contributed by atoms with van der Waals surface area (Å²) in [5.74, 6) is 0. The quantitative estimate of drug-likeness (QED) is 0.912. The molecule has 4 heteroatoms. The Morgan fingerprint density at radius 3 is 2.72 bits per heavy atom. The van der Waals surface area contributed by atoms with Crippen molar-refractivity contribution in [1.82, 2.24) is 5.32 Å². The number of benzene rings is 1. The molecule has 0 aliphatic carbocycles. The summed E-state index contributed by atoms with van der Waals surface area (Å²) in [7, 11) is -3.18. The van der Waals surface area contributed by atoms with Gasteiger partial charge in [-0.3, -0.25) is 0 Å². The first-order chi connectivity index (χ1) is 8.55. The third-order valence-electron chi connectivity index (χ3n) is 3.64. The van der Waals surface area contributed by atoms with E-state index >= 15 is 0 Å². The van der Waals surface area contributed by atoms with Crippen molar-refractivity contribution in [2.45, 2.75) is 43.3 Å². The van der Waals surface area contributed by atoms with Crippen LogP contribution >= 0.6 is 0 Å². The molecule has 0 aromatic heterocycles. The molecule has 1 aromatic carbocycles. The summed E-state index contributed by atoms with van der Waals surface area (Å²) in [6.07, 6.45) is 2.65. The molecular weight excluding hydrogens is 246 g/mol. The third-order valence-corrected chi connectivity index (χ3v) is 6.00. The smallest absolute Gasteiger partial charge is 0.182 e. The van der Waals surface area contributed by atoms with Crippen LogP contribution in [0, 0.1) is 6.92 Å². The molecule has 1 aliphatic rings. The van der Waals surface area contributed by atoms with Gasteiger partial charge in [0.15, 0.2) is 9.84 Å². The molecule has 1 aromatic rings. The summed E-state index contributed by atoms with van der Waals surface area (Å²) in [6, 6.07) is 5.69. The van der Waals surface area contributed by atoms with E-state index in [9.17, 15) is 8.42 Å². The van der Waals surface area contributed by atoms with E-state index in [4.69, 9.17) is 0 Å². The van der Waals surface area contributed by atoms with Crippen molar-refractivity contribution >= 4 is 9.84 Å². The number of hydrogen-bond donors (Lipinski definition) is 1. The Morgan fingerprint density at radius 2 is 2.17 bits per heavy atom. The topological polar surface area (TPSA) is 46.2 Å². The first kappa shape index (κ1) is 13.6. The maximum atomic E-state index is 12.6. The first-order valence-corrected chi connectivity index (χ1v) is 8.14. The van der Waals surface area contributed by atoms with Crippen molar-refractivity contribution < 1.29 is 8.42 Å². The Morgan fingerprint density at radius 1 is 1.39 bits per heavy atom. The van der Waals surface area contributed by atoms with Gasteiger partial charge < -0.3 is 5.32 Å². The molecule has 1 heterocycles. The highest BCUT2D eigenvalue weighted by atomic mass is 32.2. The van der Waals surface area contributed by atoms with E-state index in [1.807, 2.05) is 19.1 Å². The minimum atomic E-state index is -3.18. The molecule has 0 spiro atoms. The van der Waals surface area contributed by atoms with E-state index < -0.39 is 9.84 Å². The van der Waals surface area contributed by atoms with E-state index in [-0.39, 0.29) is 5.25 Å². The molecule has 0 bridgehead atoms. The van der Waals surface area contributed by atoms with Crippen LogP contribution in [-0.2, 0) is 16.3 Å². The molecule has 1 atom stereocenters. The van der Waals surface area contributed by atoms with E-state index in [2.05, 4.69) is 12.2 Å². The van der Waals surface area contributed by atoms with Gasteiger partial charge in [0, 0.05) is 6.54 Å². The summed E-state index contributed by atoms with van der Waals surface area (Å²) in [5, 5.41) is 2.91. The molecule has 1 aliphatic heterocycles. The van der Waals surface area contributed by atoms with Crippen LogP contribution < -0.4 is 5.32 Å². The van der Waals surface area contributed by atoms with Crippen molar-refractivity contribution in [1.29, 1.82) is 0 Å². The van der Waals surface area contributed by atoms with Crippen LogP contribution in [0.25, 0.3) is 0 Å². The maximum Gasteiger partial charge on any atom is 0.182 e. The Labute approximate surface area is 110 Å². The van der Waals surface area contributed by atoms with E-state index in [1.165, 1.54) is 5.56 Å². The van der Waals surface area contributed by atoms with E-state index in [1.54, 1.807) is 6.07 Å². The molecule has 18 heavy (non-hydrogen) atoms. The maximum absolute atomic E-state index is 12.6. The van der Waals surface area contributed by atoms with Gasteiger partial charge in [0.1, 0.15) is 0 Å². The van der Waals surface area contributed by atoms with E-state index in [0.29, 0.717) is 11.4 Å². The van der Waals surface area contributed by atoms with Crippen LogP contribution in [0.2, 0.25) is 0 Å². The summed E-state index contributed by atoms with van der Waals surface area (Å²) >= 11 is 0. The van der Waals surface area contributed by atoms with Gasteiger partial charge in [-0.15, -0.1) is 0 Å². The molecule has 1 saturated heterocycles. The van der Waals surface area contributed by atoms with Gasteiger partial charge in [0.05, 0.1) is 10.1 Å². The third kappa shape index (κ3) is 2.59. The van der Waals surface area contributed by atoms with Crippen molar-refractivity contribution in [3.63, 3.8) is 0 Å². The number of nitrogens with one attached hydrogen (secondary N) is 1. The van der Waals surface area contributed by atoms with Crippen LogP contribution in [0.15, 0.2) is 23.1 Å². The second-order valence-electron chi connectivity index (χ2n) is 4.97. The van der Waals surface area contributed by atoms with Crippen LogP contribution in [0.1, 0.15) is 30.9 Å². The van der Waals surface area contributed by atoms with Gasteiger partial charge in [-0.25, -0.2) is 8.42 Å². The average Bonchev–Trinajstić information content (AvgIpc) is 2.39. The van der Waals surface area contributed by atoms with Gasteiger partial charge in [-0.05, 0) is 49.9 Å². The lowest BCUT2D eigenvalue weighted by Crippen LogP contribution is -2.39. The average molecular weight is 267 g/mol. The number of aryl methyl sites for hydroxylation is 2.